The molecule has 1 N–H and O–H groups in total. The predicted molar refractivity (Wildman–Crippen MR) is 62.2 cm³/mol. The minimum Gasteiger partial charge on any atom is -0.360 e. The van der Waals surface area contributed by atoms with Gasteiger partial charge in [0.25, 0.3) is 10.1 Å². The molecule has 0 aliphatic carbocycles. The van der Waals surface area contributed by atoms with Crippen LogP contribution in [0.3, 0.4) is 0 Å². The van der Waals surface area contributed by atoms with Gasteiger partial charge in [0.05, 0.1) is 0 Å². The van der Waals surface area contributed by atoms with Gasteiger partial charge in [-0.3, -0.25) is 4.55 Å². The van der Waals surface area contributed by atoms with Gasteiger partial charge in [0.15, 0.2) is 5.76 Å². The van der Waals surface area contributed by atoms with E-state index in [0.717, 1.165) is 0 Å². The smallest absolute Gasteiger partial charge is 0.272 e. The van der Waals surface area contributed by atoms with Crippen molar-refractivity contribution in [1.82, 2.24) is 5.16 Å². The lowest BCUT2D eigenvalue weighted by molar-refractivity contribution is 0.389. The Hall–Kier alpha value is -1.37. The second kappa shape index (κ2) is 4.48. The molecule has 0 aliphatic rings. The van der Waals surface area contributed by atoms with E-state index in [9.17, 15) is 8.42 Å². The number of rotatable bonds is 3. The molecular formula is C10H8ClNO4S. The molecular weight excluding hydrogens is 266 g/mol. The summed E-state index contributed by atoms with van der Waals surface area (Å²) in [5.74, 6) is -0.525. The first-order chi connectivity index (χ1) is 7.94. The lowest BCUT2D eigenvalue weighted by Gasteiger charge is -1.94. The Balaban J connectivity index is 2.30. The summed E-state index contributed by atoms with van der Waals surface area (Å²) in [7, 11) is -4.11. The maximum Gasteiger partial charge on any atom is 0.272 e. The molecule has 1 aromatic carbocycles. The molecule has 7 heteroatoms. The molecule has 0 aliphatic heterocycles. The molecule has 1 aromatic heterocycles. The standard InChI is InChI=1S/C10H8ClNO4S/c11-8-3-1-2-7(4-8)10-5-9(16-12-10)6-17(13,14)15/h1-5H,6H2,(H,13,14,15). The van der Waals surface area contributed by atoms with Gasteiger partial charge in [-0.1, -0.05) is 28.9 Å². The number of hydrogen-bond donors (Lipinski definition) is 1. The lowest BCUT2D eigenvalue weighted by atomic mass is 10.1. The third-order valence-electron chi connectivity index (χ3n) is 2.00. The molecule has 17 heavy (non-hydrogen) atoms. The largest absolute Gasteiger partial charge is 0.360 e. The number of benzene rings is 1. The Bertz CT molecular complexity index is 635. The Kier molecular flexibility index (Phi) is 3.19. The quantitative estimate of drug-likeness (QED) is 0.869. The van der Waals surface area contributed by atoms with Crippen molar-refractivity contribution >= 4 is 21.7 Å². The molecule has 2 aromatic rings. The highest BCUT2D eigenvalue weighted by molar-refractivity contribution is 7.84. The molecule has 1 heterocycles. The fraction of sp³-hybridized carbons (Fsp3) is 0.100. The van der Waals surface area contributed by atoms with Crippen molar-refractivity contribution in [2.75, 3.05) is 0 Å². The summed E-state index contributed by atoms with van der Waals surface area (Å²) in [5.41, 5.74) is 1.17. The van der Waals surface area contributed by atoms with Gasteiger partial charge in [0, 0.05) is 16.7 Å². The maximum atomic E-state index is 10.6. The fourth-order valence-corrected chi connectivity index (χ4v) is 2.03. The molecule has 0 fully saturated rings. The molecule has 5 nitrogen and oxygen atoms in total. The highest BCUT2D eigenvalue weighted by Gasteiger charge is 2.13. The second-order valence-corrected chi connectivity index (χ2v) is 5.30. The zero-order chi connectivity index (χ0) is 12.5. The van der Waals surface area contributed by atoms with Crippen LogP contribution in [-0.2, 0) is 15.9 Å². The van der Waals surface area contributed by atoms with Crippen LogP contribution in [0.2, 0.25) is 5.02 Å². The molecule has 0 atom stereocenters. The maximum absolute atomic E-state index is 10.6. The monoisotopic (exact) mass is 273 g/mol. The van der Waals surface area contributed by atoms with Crippen LogP contribution in [0.1, 0.15) is 5.76 Å². The normalized spacial score (nSPS) is 11.6. The Labute approximate surface area is 103 Å². The minimum atomic E-state index is -4.11. The van der Waals surface area contributed by atoms with E-state index in [1.54, 1.807) is 24.3 Å². The van der Waals surface area contributed by atoms with Crippen LogP contribution in [0.25, 0.3) is 11.3 Å². The average Bonchev–Trinajstić information content (AvgIpc) is 2.63. The van der Waals surface area contributed by atoms with Gasteiger partial charge in [-0.05, 0) is 12.1 Å². The fourth-order valence-electron chi connectivity index (χ4n) is 1.34. The lowest BCUT2D eigenvalue weighted by Crippen LogP contribution is -1.99. The third-order valence-corrected chi connectivity index (χ3v) is 2.89. The van der Waals surface area contributed by atoms with Gasteiger partial charge in [0.1, 0.15) is 11.4 Å². The zero-order valence-corrected chi connectivity index (χ0v) is 10.1. The SMILES string of the molecule is O=S(=O)(O)Cc1cc(-c2cccc(Cl)c2)no1. The van der Waals surface area contributed by atoms with Crippen molar-refractivity contribution < 1.29 is 17.5 Å². The zero-order valence-electron chi connectivity index (χ0n) is 8.50. The Morgan fingerprint density at radius 1 is 1.35 bits per heavy atom. The topological polar surface area (TPSA) is 80.4 Å². The Morgan fingerprint density at radius 3 is 2.76 bits per heavy atom. The van der Waals surface area contributed by atoms with Crippen molar-refractivity contribution in [2.24, 2.45) is 0 Å². The summed E-state index contributed by atoms with van der Waals surface area (Å²) in [5, 5.41) is 4.25. The van der Waals surface area contributed by atoms with E-state index < -0.39 is 15.9 Å². The predicted octanol–water partition coefficient (Wildman–Crippen LogP) is 2.38. The highest BCUT2D eigenvalue weighted by atomic mass is 35.5. The van der Waals surface area contributed by atoms with Crippen molar-refractivity contribution in [3.63, 3.8) is 0 Å². The van der Waals surface area contributed by atoms with E-state index in [-0.39, 0.29) is 5.76 Å². The molecule has 0 amide bonds. The number of halogens is 1. The van der Waals surface area contributed by atoms with Crippen molar-refractivity contribution in [1.29, 1.82) is 0 Å². The summed E-state index contributed by atoms with van der Waals surface area (Å²) in [6.07, 6.45) is 0. The van der Waals surface area contributed by atoms with Gasteiger partial charge >= 0.3 is 0 Å². The van der Waals surface area contributed by atoms with Crippen molar-refractivity contribution in [3.8, 4) is 11.3 Å². The molecule has 0 unspecified atom stereocenters. The van der Waals surface area contributed by atoms with Gasteiger partial charge in [-0.25, -0.2) is 0 Å². The molecule has 90 valence electrons. The first-order valence-corrected chi connectivity index (χ1v) is 6.59. The van der Waals surface area contributed by atoms with Crippen LogP contribution in [-0.4, -0.2) is 18.1 Å². The van der Waals surface area contributed by atoms with Crippen LogP contribution >= 0.6 is 11.6 Å². The molecule has 0 saturated heterocycles. The second-order valence-electron chi connectivity index (χ2n) is 3.42. The van der Waals surface area contributed by atoms with E-state index in [1.807, 2.05) is 0 Å². The van der Waals surface area contributed by atoms with E-state index in [1.165, 1.54) is 6.07 Å². The number of hydrogen-bond acceptors (Lipinski definition) is 4. The van der Waals surface area contributed by atoms with Crippen LogP contribution in [0.15, 0.2) is 34.9 Å². The first kappa shape index (κ1) is 12.1. The molecule has 0 radical (unpaired) electrons. The summed E-state index contributed by atoms with van der Waals surface area (Å²) >= 11 is 5.81. The van der Waals surface area contributed by atoms with E-state index in [2.05, 4.69) is 5.16 Å². The van der Waals surface area contributed by atoms with E-state index in [4.69, 9.17) is 20.7 Å². The van der Waals surface area contributed by atoms with Crippen LogP contribution < -0.4 is 0 Å². The molecule has 0 bridgehead atoms. The summed E-state index contributed by atoms with van der Waals surface area (Å²) in [6, 6.07) is 8.34. The van der Waals surface area contributed by atoms with Gasteiger partial charge < -0.3 is 4.52 Å². The van der Waals surface area contributed by atoms with Crippen molar-refractivity contribution in [2.45, 2.75) is 5.75 Å². The van der Waals surface area contributed by atoms with Crippen molar-refractivity contribution in [3.05, 3.63) is 41.1 Å². The average molecular weight is 274 g/mol. The third kappa shape index (κ3) is 3.29. The van der Waals surface area contributed by atoms with Gasteiger partial charge in [-0.2, -0.15) is 8.42 Å². The van der Waals surface area contributed by atoms with Gasteiger partial charge in [-0.15, -0.1) is 0 Å². The van der Waals surface area contributed by atoms with E-state index in [0.29, 0.717) is 16.3 Å². The molecule has 2 rings (SSSR count). The molecule has 0 spiro atoms. The molecule has 0 saturated carbocycles. The summed E-state index contributed by atoms with van der Waals surface area (Å²) in [4.78, 5) is 0. The van der Waals surface area contributed by atoms with Crippen LogP contribution in [0, 0.1) is 0 Å². The highest BCUT2D eigenvalue weighted by Crippen LogP contribution is 2.22. The number of nitrogens with zero attached hydrogens (tertiary/aromatic N) is 1. The first-order valence-electron chi connectivity index (χ1n) is 4.61. The van der Waals surface area contributed by atoms with E-state index >= 15 is 0 Å². The van der Waals surface area contributed by atoms with Crippen LogP contribution in [0.4, 0.5) is 0 Å². The van der Waals surface area contributed by atoms with Crippen LogP contribution in [0.5, 0.6) is 0 Å². The van der Waals surface area contributed by atoms with Gasteiger partial charge in [0.2, 0.25) is 0 Å². The Morgan fingerprint density at radius 2 is 2.12 bits per heavy atom. The summed E-state index contributed by atoms with van der Waals surface area (Å²) in [6.45, 7) is 0. The minimum absolute atomic E-state index is 0.0717. The summed E-state index contributed by atoms with van der Waals surface area (Å²) < 4.78 is 34.8. The number of aromatic nitrogens is 1.